The first kappa shape index (κ1) is 14.4. The molecule has 3 heteroatoms. The summed E-state index contributed by atoms with van der Waals surface area (Å²) in [6.45, 7) is 10.8. The van der Waals surface area contributed by atoms with Gasteiger partial charge in [-0.3, -0.25) is 0 Å². The van der Waals surface area contributed by atoms with Crippen molar-refractivity contribution in [2.45, 2.75) is 32.6 Å². The van der Waals surface area contributed by atoms with E-state index in [2.05, 4.69) is 18.1 Å². The number of rotatable bonds is 4. The third kappa shape index (κ3) is 3.65. The van der Waals surface area contributed by atoms with E-state index >= 15 is 0 Å². The molecule has 1 fully saturated rings. The molecule has 0 N–H and O–H groups in total. The van der Waals surface area contributed by atoms with Gasteiger partial charge in [0.2, 0.25) is 0 Å². The molecular weight excluding hydrogens is 253 g/mol. The minimum absolute atomic E-state index is 0.586. The van der Waals surface area contributed by atoms with Gasteiger partial charge in [-0.15, -0.1) is 0 Å². The highest BCUT2D eigenvalue weighted by Gasteiger charge is 2.21. The molecule has 0 radical (unpaired) electrons. The number of allylic oxidation sites excluding steroid dienone is 5. The third-order valence-corrected chi connectivity index (χ3v) is 3.43. The zero-order valence-corrected chi connectivity index (χ0v) is 11.8. The highest BCUT2D eigenvalue weighted by molar-refractivity contribution is 6.36. The minimum Gasteiger partial charge on any atom is -0.343 e. The lowest BCUT2D eigenvalue weighted by Crippen LogP contribution is -2.27. The normalized spacial score (nSPS) is 19.1. The van der Waals surface area contributed by atoms with Crippen LogP contribution >= 0.6 is 23.2 Å². The summed E-state index contributed by atoms with van der Waals surface area (Å²) in [7, 11) is 0. The molecule has 1 heterocycles. The van der Waals surface area contributed by atoms with E-state index in [4.69, 9.17) is 23.2 Å². The second-order valence-electron chi connectivity index (χ2n) is 4.04. The van der Waals surface area contributed by atoms with Crippen LogP contribution in [0.5, 0.6) is 0 Å². The van der Waals surface area contributed by atoms with E-state index in [9.17, 15) is 0 Å². The Labute approximate surface area is 114 Å². The first-order valence-electron chi connectivity index (χ1n) is 5.95. The van der Waals surface area contributed by atoms with Crippen molar-refractivity contribution in [3.8, 4) is 0 Å². The Balaban J connectivity index is 3.11. The highest BCUT2D eigenvalue weighted by atomic mass is 35.5. The maximum absolute atomic E-state index is 6.31. The van der Waals surface area contributed by atoms with Gasteiger partial charge >= 0.3 is 0 Å². The van der Waals surface area contributed by atoms with Crippen LogP contribution in [0.1, 0.15) is 32.6 Å². The molecular formula is C14H19Cl2N. The smallest absolute Gasteiger partial charge is 0.0783 e. The lowest BCUT2D eigenvalue weighted by Gasteiger charge is -2.33. The molecule has 0 unspecified atom stereocenters. The molecule has 94 valence electrons. The number of hydrogen-bond donors (Lipinski definition) is 0. The van der Waals surface area contributed by atoms with E-state index in [0.29, 0.717) is 10.1 Å². The van der Waals surface area contributed by atoms with Crippen molar-refractivity contribution in [3.05, 3.63) is 46.8 Å². The summed E-state index contributed by atoms with van der Waals surface area (Å²) in [5.41, 5.74) is 1.92. The molecule has 0 aromatic carbocycles. The summed E-state index contributed by atoms with van der Waals surface area (Å²) in [5, 5.41) is 1.27. The first-order valence-corrected chi connectivity index (χ1v) is 6.71. The van der Waals surface area contributed by atoms with Crippen LogP contribution in [0.4, 0.5) is 0 Å². The van der Waals surface area contributed by atoms with Crippen molar-refractivity contribution >= 4 is 23.2 Å². The van der Waals surface area contributed by atoms with Crippen molar-refractivity contribution in [3.63, 3.8) is 0 Å². The van der Waals surface area contributed by atoms with Gasteiger partial charge in [0, 0.05) is 12.2 Å². The molecule has 1 rings (SSSR count). The standard InChI is InChI=1S/C14H19Cl2N/c1-4-8-13(16)14(12(15)5-2)17-10-7-6-9-11(17)3/h5,8H,2-4,6-7,9-10H2,1H3/b13-8+,14-12-. The molecule has 0 aromatic rings. The summed E-state index contributed by atoms with van der Waals surface area (Å²) < 4.78 is 0. The number of piperidine rings is 1. The summed E-state index contributed by atoms with van der Waals surface area (Å²) in [6.07, 6.45) is 7.80. The molecule has 1 aliphatic heterocycles. The van der Waals surface area contributed by atoms with Gasteiger partial charge in [-0.05, 0) is 31.8 Å². The lowest BCUT2D eigenvalue weighted by atomic mass is 10.1. The predicted octanol–water partition coefficient (Wildman–Crippen LogP) is 5.16. The molecule has 17 heavy (non-hydrogen) atoms. The topological polar surface area (TPSA) is 3.24 Å². The molecule has 0 aliphatic carbocycles. The van der Waals surface area contributed by atoms with Crippen LogP contribution in [0, 0.1) is 0 Å². The third-order valence-electron chi connectivity index (χ3n) is 2.76. The largest absolute Gasteiger partial charge is 0.343 e. The molecule has 0 atom stereocenters. The summed E-state index contributed by atoms with van der Waals surface area (Å²) >= 11 is 12.5. The number of hydrogen-bond acceptors (Lipinski definition) is 1. The molecule has 0 spiro atoms. The molecule has 1 nitrogen and oxygen atoms in total. The molecule has 0 saturated carbocycles. The fourth-order valence-corrected chi connectivity index (χ4v) is 2.52. The van der Waals surface area contributed by atoms with Crippen molar-refractivity contribution < 1.29 is 0 Å². The Bertz CT molecular complexity index is 366. The van der Waals surface area contributed by atoms with Gasteiger partial charge in [-0.25, -0.2) is 0 Å². The highest BCUT2D eigenvalue weighted by Crippen LogP contribution is 2.32. The second-order valence-corrected chi connectivity index (χ2v) is 4.85. The van der Waals surface area contributed by atoms with E-state index in [-0.39, 0.29) is 0 Å². The molecule has 0 aromatic heterocycles. The summed E-state index contributed by atoms with van der Waals surface area (Å²) in [5.74, 6) is 0. The lowest BCUT2D eigenvalue weighted by molar-refractivity contribution is 0.361. The van der Waals surface area contributed by atoms with Gasteiger partial charge in [0.1, 0.15) is 0 Å². The quantitative estimate of drug-likeness (QED) is 0.639. The van der Waals surface area contributed by atoms with Gasteiger partial charge in [-0.2, -0.15) is 0 Å². The van der Waals surface area contributed by atoms with E-state index in [0.717, 1.165) is 37.2 Å². The minimum atomic E-state index is 0.586. The molecule has 0 bridgehead atoms. The summed E-state index contributed by atoms with van der Waals surface area (Å²) in [4.78, 5) is 2.11. The van der Waals surface area contributed by atoms with E-state index in [1.807, 2.05) is 13.0 Å². The Morgan fingerprint density at radius 1 is 1.41 bits per heavy atom. The Kier molecular flexibility index (Phi) is 5.87. The zero-order chi connectivity index (χ0) is 12.8. The van der Waals surface area contributed by atoms with E-state index in [1.54, 1.807) is 6.08 Å². The average Bonchev–Trinajstić information content (AvgIpc) is 2.32. The van der Waals surface area contributed by atoms with Crippen molar-refractivity contribution in [1.29, 1.82) is 0 Å². The maximum Gasteiger partial charge on any atom is 0.0783 e. The first-order chi connectivity index (χ1) is 8.11. The fraction of sp³-hybridized carbons (Fsp3) is 0.429. The van der Waals surface area contributed by atoms with Gasteiger partial charge < -0.3 is 4.90 Å². The van der Waals surface area contributed by atoms with Gasteiger partial charge in [0.15, 0.2) is 0 Å². The summed E-state index contributed by atoms with van der Waals surface area (Å²) in [6, 6.07) is 0. The Morgan fingerprint density at radius 2 is 2.12 bits per heavy atom. The number of likely N-dealkylation sites (tertiary alicyclic amines) is 1. The Morgan fingerprint density at radius 3 is 2.65 bits per heavy atom. The van der Waals surface area contributed by atoms with Crippen LogP contribution in [-0.2, 0) is 0 Å². The Hall–Kier alpha value is -0.660. The molecule has 1 aliphatic rings. The monoisotopic (exact) mass is 271 g/mol. The SMILES string of the molecule is C=C/C(Cl)=C(\C(Cl)=C/CC)N1CCCCC1=C. The van der Waals surface area contributed by atoms with Crippen molar-refractivity contribution in [2.75, 3.05) is 6.54 Å². The number of halogens is 2. The second kappa shape index (κ2) is 6.93. The van der Waals surface area contributed by atoms with Crippen LogP contribution in [-0.4, -0.2) is 11.4 Å². The average molecular weight is 272 g/mol. The predicted molar refractivity (Wildman–Crippen MR) is 77.0 cm³/mol. The van der Waals surface area contributed by atoms with Crippen LogP contribution in [0.2, 0.25) is 0 Å². The van der Waals surface area contributed by atoms with Gasteiger partial charge in [0.25, 0.3) is 0 Å². The molecule has 1 saturated heterocycles. The fourth-order valence-electron chi connectivity index (χ4n) is 1.91. The van der Waals surface area contributed by atoms with E-state index < -0.39 is 0 Å². The van der Waals surface area contributed by atoms with E-state index in [1.165, 1.54) is 6.42 Å². The van der Waals surface area contributed by atoms with Crippen LogP contribution in [0.25, 0.3) is 0 Å². The maximum atomic E-state index is 6.31. The van der Waals surface area contributed by atoms with Gasteiger partial charge in [0.05, 0.1) is 15.8 Å². The molecule has 0 amide bonds. The van der Waals surface area contributed by atoms with Crippen LogP contribution in [0.15, 0.2) is 46.8 Å². The number of nitrogens with zero attached hydrogens (tertiary/aromatic N) is 1. The van der Waals surface area contributed by atoms with Gasteiger partial charge in [-0.1, -0.05) is 49.4 Å². The van der Waals surface area contributed by atoms with Crippen molar-refractivity contribution in [1.82, 2.24) is 4.90 Å². The van der Waals surface area contributed by atoms with Crippen LogP contribution < -0.4 is 0 Å². The van der Waals surface area contributed by atoms with Crippen molar-refractivity contribution in [2.24, 2.45) is 0 Å². The zero-order valence-electron chi connectivity index (χ0n) is 10.3. The van der Waals surface area contributed by atoms with Crippen LogP contribution in [0.3, 0.4) is 0 Å².